The van der Waals surface area contributed by atoms with Crippen LogP contribution >= 0.6 is 11.6 Å². The highest BCUT2D eigenvalue weighted by atomic mass is 35.5. The van der Waals surface area contributed by atoms with E-state index in [-0.39, 0.29) is 6.42 Å². The smallest absolute Gasteiger partial charge is 0.307 e. The molecule has 0 aliphatic carbocycles. The maximum absolute atomic E-state index is 10.7. The Morgan fingerprint density at radius 3 is 2.94 bits per heavy atom. The van der Waals surface area contributed by atoms with Gasteiger partial charge in [0.05, 0.1) is 18.6 Å². The van der Waals surface area contributed by atoms with E-state index in [0.717, 1.165) is 5.52 Å². The van der Waals surface area contributed by atoms with E-state index in [2.05, 4.69) is 4.98 Å². The molecule has 0 aliphatic rings. The largest absolute Gasteiger partial charge is 0.495 e. The highest BCUT2D eigenvalue weighted by molar-refractivity contribution is 6.37. The maximum atomic E-state index is 10.7. The molecule has 0 atom stereocenters. The Bertz CT molecular complexity index is 547. The van der Waals surface area contributed by atoms with Gasteiger partial charge in [0.1, 0.15) is 5.75 Å². The molecule has 0 saturated heterocycles. The van der Waals surface area contributed by atoms with Gasteiger partial charge >= 0.3 is 5.97 Å². The zero-order chi connectivity index (χ0) is 11.7. The number of carbonyl (C=O) groups is 1. The summed E-state index contributed by atoms with van der Waals surface area (Å²) in [5.41, 5.74) is 1.47. The second-order valence-electron chi connectivity index (χ2n) is 3.39. The van der Waals surface area contributed by atoms with Crippen LogP contribution in [0.1, 0.15) is 5.56 Å². The van der Waals surface area contributed by atoms with Crippen LogP contribution in [0, 0.1) is 0 Å². The van der Waals surface area contributed by atoms with E-state index in [9.17, 15) is 4.79 Å². The summed E-state index contributed by atoms with van der Waals surface area (Å²) in [6, 6.07) is 3.55. The van der Waals surface area contributed by atoms with Gasteiger partial charge < -0.3 is 14.8 Å². The first-order valence-corrected chi connectivity index (χ1v) is 5.05. The molecular formula is C11H10ClNO3. The zero-order valence-corrected chi connectivity index (χ0v) is 9.34. The van der Waals surface area contributed by atoms with Crippen molar-refractivity contribution >= 4 is 28.5 Å². The van der Waals surface area contributed by atoms with Gasteiger partial charge in [-0.2, -0.15) is 0 Å². The molecule has 0 amide bonds. The summed E-state index contributed by atoms with van der Waals surface area (Å²) in [5.74, 6) is -0.347. The molecule has 16 heavy (non-hydrogen) atoms. The number of nitrogens with one attached hydrogen (secondary N) is 1. The molecule has 1 aromatic carbocycles. The Morgan fingerprint density at radius 2 is 2.31 bits per heavy atom. The highest BCUT2D eigenvalue weighted by Crippen LogP contribution is 2.34. The molecule has 4 nitrogen and oxygen atoms in total. The first-order chi connectivity index (χ1) is 7.63. The number of aromatic amines is 1. The van der Waals surface area contributed by atoms with Crippen LogP contribution in [0.25, 0.3) is 10.9 Å². The number of hydrogen-bond acceptors (Lipinski definition) is 2. The van der Waals surface area contributed by atoms with E-state index < -0.39 is 5.97 Å². The average Bonchev–Trinajstić information content (AvgIpc) is 2.62. The molecule has 0 saturated carbocycles. The topological polar surface area (TPSA) is 62.3 Å². The molecule has 0 aliphatic heterocycles. The molecule has 1 aromatic heterocycles. The van der Waals surface area contributed by atoms with Crippen molar-refractivity contribution in [2.24, 2.45) is 0 Å². The summed E-state index contributed by atoms with van der Waals surface area (Å²) in [6.45, 7) is 0. The molecule has 84 valence electrons. The summed E-state index contributed by atoms with van der Waals surface area (Å²) >= 11 is 6.13. The van der Waals surface area contributed by atoms with Gasteiger partial charge in [0.2, 0.25) is 0 Å². The Labute approximate surface area is 96.8 Å². The maximum Gasteiger partial charge on any atom is 0.307 e. The Morgan fingerprint density at radius 1 is 1.56 bits per heavy atom. The monoisotopic (exact) mass is 239 g/mol. The lowest BCUT2D eigenvalue weighted by Crippen LogP contribution is -1.99. The van der Waals surface area contributed by atoms with E-state index in [1.807, 2.05) is 6.07 Å². The first kappa shape index (κ1) is 10.8. The second kappa shape index (κ2) is 4.06. The third-order valence-corrected chi connectivity index (χ3v) is 2.77. The molecule has 0 fully saturated rings. The van der Waals surface area contributed by atoms with Crippen LogP contribution in [0.4, 0.5) is 0 Å². The lowest BCUT2D eigenvalue weighted by molar-refractivity contribution is -0.136. The fraction of sp³-hybridized carbons (Fsp3) is 0.182. The minimum absolute atomic E-state index is 0.0626. The van der Waals surface area contributed by atoms with Crippen molar-refractivity contribution in [3.63, 3.8) is 0 Å². The van der Waals surface area contributed by atoms with E-state index in [1.165, 1.54) is 7.11 Å². The minimum atomic E-state index is -0.889. The van der Waals surface area contributed by atoms with Crippen LogP contribution in [0.5, 0.6) is 5.75 Å². The summed E-state index contributed by atoms with van der Waals surface area (Å²) < 4.78 is 5.09. The highest BCUT2D eigenvalue weighted by Gasteiger charge is 2.13. The van der Waals surface area contributed by atoms with Gasteiger partial charge in [-0.05, 0) is 17.7 Å². The van der Waals surface area contributed by atoms with E-state index >= 15 is 0 Å². The molecule has 2 aromatic rings. The number of H-pyrrole nitrogens is 1. The molecule has 5 heteroatoms. The number of carboxylic acid groups (broad SMARTS) is 1. The number of methoxy groups -OCH3 is 1. The number of halogens is 1. The van der Waals surface area contributed by atoms with Crippen LogP contribution in [0.2, 0.25) is 5.02 Å². The number of hydrogen-bond donors (Lipinski definition) is 2. The number of ether oxygens (including phenoxy) is 1. The summed E-state index contributed by atoms with van der Waals surface area (Å²) in [4.78, 5) is 13.7. The minimum Gasteiger partial charge on any atom is -0.495 e. The number of fused-ring (bicyclic) bond motifs is 1. The fourth-order valence-corrected chi connectivity index (χ4v) is 2.05. The van der Waals surface area contributed by atoms with E-state index in [4.69, 9.17) is 21.4 Å². The van der Waals surface area contributed by atoms with Gasteiger partial charge in [0.25, 0.3) is 0 Å². The second-order valence-corrected chi connectivity index (χ2v) is 3.77. The average molecular weight is 240 g/mol. The third kappa shape index (κ3) is 1.72. The predicted octanol–water partition coefficient (Wildman–Crippen LogP) is 2.46. The molecule has 2 rings (SSSR count). The van der Waals surface area contributed by atoms with Gasteiger partial charge in [-0.25, -0.2) is 0 Å². The third-order valence-electron chi connectivity index (χ3n) is 2.39. The van der Waals surface area contributed by atoms with Crippen molar-refractivity contribution in [2.45, 2.75) is 6.42 Å². The van der Waals surface area contributed by atoms with Crippen LogP contribution < -0.4 is 4.74 Å². The fourth-order valence-electron chi connectivity index (χ4n) is 1.69. The van der Waals surface area contributed by atoms with E-state index in [1.54, 1.807) is 12.3 Å². The van der Waals surface area contributed by atoms with Crippen molar-refractivity contribution in [3.05, 3.63) is 28.9 Å². The van der Waals surface area contributed by atoms with Crippen molar-refractivity contribution in [3.8, 4) is 5.75 Å². The van der Waals surface area contributed by atoms with Crippen molar-refractivity contribution in [1.29, 1.82) is 0 Å². The summed E-state index contributed by atoms with van der Waals surface area (Å²) in [5, 5.41) is 9.93. The van der Waals surface area contributed by atoms with Gasteiger partial charge in [-0.3, -0.25) is 4.79 Å². The number of aliphatic carboxylic acids is 1. The lowest BCUT2D eigenvalue weighted by Gasteiger charge is -2.04. The number of rotatable bonds is 3. The molecular weight excluding hydrogens is 230 g/mol. The predicted molar refractivity (Wildman–Crippen MR) is 61.2 cm³/mol. The van der Waals surface area contributed by atoms with Crippen LogP contribution in [0.15, 0.2) is 18.3 Å². The van der Waals surface area contributed by atoms with Gasteiger partial charge in [0, 0.05) is 17.1 Å². The SMILES string of the molecule is COc1ccc2[nH]cc(CC(=O)O)c2c1Cl. The normalized spacial score (nSPS) is 10.6. The van der Waals surface area contributed by atoms with Crippen LogP contribution in [0.3, 0.4) is 0 Å². The van der Waals surface area contributed by atoms with Gasteiger partial charge in [0.15, 0.2) is 0 Å². The molecule has 0 bridgehead atoms. The van der Waals surface area contributed by atoms with Crippen molar-refractivity contribution in [2.75, 3.05) is 7.11 Å². The first-order valence-electron chi connectivity index (χ1n) is 4.67. The summed E-state index contributed by atoms with van der Waals surface area (Å²) in [6.07, 6.45) is 1.59. The number of benzene rings is 1. The van der Waals surface area contributed by atoms with Crippen molar-refractivity contribution < 1.29 is 14.6 Å². The molecule has 0 radical (unpaired) electrons. The molecule has 0 unspecified atom stereocenters. The van der Waals surface area contributed by atoms with Crippen molar-refractivity contribution in [1.82, 2.24) is 4.98 Å². The Hall–Kier alpha value is -1.68. The number of carboxylic acids is 1. The Balaban J connectivity index is 2.63. The standard InChI is InChI=1S/C11H10ClNO3/c1-16-8-3-2-7-10(11(8)12)6(5-13-7)4-9(14)15/h2-3,5,13H,4H2,1H3,(H,14,15). The quantitative estimate of drug-likeness (QED) is 0.865. The van der Waals surface area contributed by atoms with Gasteiger partial charge in [-0.15, -0.1) is 0 Å². The zero-order valence-electron chi connectivity index (χ0n) is 8.58. The summed E-state index contributed by atoms with van der Waals surface area (Å²) in [7, 11) is 1.52. The Kier molecular flexibility index (Phi) is 2.75. The molecule has 2 N–H and O–H groups in total. The molecule has 1 heterocycles. The van der Waals surface area contributed by atoms with Crippen LogP contribution in [-0.2, 0) is 11.2 Å². The number of aromatic nitrogens is 1. The van der Waals surface area contributed by atoms with E-state index in [0.29, 0.717) is 21.7 Å². The molecule has 0 spiro atoms. The van der Waals surface area contributed by atoms with Gasteiger partial charge in [-0.1, -0.05) is 11.6 Å². The van der Waals surface area contributed by atoms with Crippen LogP contribution in [-0.4, -0.2) is 23.2 Å². The lowest BCUT2D eigenvalue weighted by atomic mass is 10.1.